The molecule has 0 spiro atoms. The van der Waals surface area contributed by atoms with E-state index in [1.165, 1.54) is 30.4 Å². The number of fused-ring (bicyclic) bond motifs is 1. The lowest BCUT2D eigenvalue weighted by Crippen LogP contribution is -2.25. The fourth-order valence-corrected chi connectivity index (χ4v) is 2.75. The molecular formula is C16H23NO. The van der Waals surface area contributed by atoms with Gasteiger partial charge in [-0.1, -0.05) is 31.0 Å². The van der Waals surface area contributed by atoms with Gasteiger partial charge in [0.2, 0.25) is 0 Å². The summed E-state index contributed by atoms with van der Waals surface area (Å²) in [5.41, 5.74) is 2.64. The third-order valence-corrected chi connectivity index (χ3v) is 3.91. The molecule has 98 valence electrons. The molecule has 0 amide bonds. The number of ether oxygens (including phenoxy) is 1. The average molecular weight is 245 g/mol. The first-order valence-corrected chi connectivity index (χ1v) is 7.14. The van der Waals surface area contributed by atoms with E-state index in [2.05, 4.69) is 37.4 Å². The summed E-state index contributed by atoms with van der Waals surface area (Å²) in [6, 6.07) is 6.53. The Morgan fingerprint density at radius 2 is 2.17 bits per heavy atom. The van der Waals surface area contributed by atoms with Crippen molar-refractivity contribution in [2.24, 2.45) is 5.92 Å². The van der Waals surface area contributed by atoms with Crippen molar-refractivity contribution in [1.82, 2.24) is 5.32 Å². The van der Waals surface area contributed by atoms with Gasteiger partial charge in [0, 0.05) is 18.5 Å². The normalized spacial score (nSPS) is 20.6. The Bertz CT molecular complexity index is 435. The van der Waals surface area contributed by atoms with Crippen LogP contribution in [0.3, 0.4) is 0 Å². The van der Waals surface area contributed by atoms with E-state index in [1.807, 2.05) is 0 Å². The smallest absolute Gasteiger partial charge is 0.127 e. The zero-order valence-corrected chi connectivity index (χ0v) is 11.5. The van der Waals surface area contributed by atoms with Crippen LogP contribution in [0.2, 0.25) is 0 Å². The van der Waals surface area contributed by atoms with Crippen LogP contribution in [-0.2, 0) is 13.0 Å². The molecule has 1 aromatic rings. The molecule has 1 N–H and O–H groups in total. The van der Waals surface area contributed by atoms with Gasteiger partial charge in [-0.05, 0) is 38.3 Å². The first-order chi connectivity index (χ1) is 8.64. The number of benzene rings is 1. The van der Waals surface area contributed by atoms with Gasteiger partial charge in [-0.3, -0.25) is 0 Å². The lowest BCUT2D eigenvalue weighted by atomic mass is 10.0. The molecule has 2 heteroatoms. The van der Waals surface area contributed by atoms with Crippen molar-refractivity contribution in [3.05, 3.63) is 29.3 Å². The van der Waals surface area contributed by atoms with Crippen LogP contribution >= 0.6 is 0 Å². The third kappa shape index (κ3) is 2.69. The first kappa shape index (κ1) is 12.0. The van der Waals surface area contributed by atoms with Crippen LogP contribution in [0.15, 0.2) is 18.2 Å². The van der Waals surface area contributed by atoms with Crippen molar-refractivity contribution in [2.45, 2.75) is 51.7 Å². The second-order valence-corrected chi connectivity index (χ2v) is 6.35. The molecule has 0 saturated heterocycles. The van der Waals surface area contributed by atoms with Crippen molar-refractivity contribution < 1.29 is 4.74 Å². The van der Waals surface area contributed by atoms with Gasteiger partial charge in [0.1, 0.15) is 11.4 Å². The third-order valence-electron chi connectivity index (χ3n) is 3.91. The van der Waals surface area contributed by atoms with E-state index >= 15 is 0 Å². The highest BCUT2D eigenvalue weighted by atomic mass is 16.5. The summed E-state index contributed by atoms with van der Waals surface area (Å²) in [6.45, 7) is 6.40. The molecule has 3 rings (SSSR count). The number of hydrogen-bond acceptors (Lipinski definition) is 2. The monoisotopic (exact) mass is 245 g/mol. The van der Waals surface area contributed by atoms with Crippen molar-refractivity contribution in [1.29, 1.82) is 0 Å². The molecule has 1 heterocycles. The summed E-state index contributed by atoms with van der Waals surface area (Å²) < 4.78 is 6.08. The molecule has 1 aliphatic carbocycles. The number of nitrogens with one attached hydrogen (secondary N) is 1. The zero-order valence-electron chi connectivity index (χ0n) is 11.5. The minimum Gasteiger partial charge on any atom is -0.487 e. The Labute approximate surface area is 110 Å². The van der Waals surface area contributed by atoms with Crippen LogP contribution in [0.1, 0.15) is 44.2 Å². The molecule has 2 aliphatic rings. The van der Waals surface area contributed by atoms with Crippen molar-refractivity contribution in [3.8, 4) is 5.75 Å². The number of rotatable bonds is 5. The molecule has 0 bridgehead atoms. The van der Waals surface area contributed by atoms with Gasteiger partial charge in [-0.25, -0.2) is 0 Å². The van der Waals surface area contributed by atoms with Crippen LogP contribution in [0.25, 0.3) is 0 Å². The molecule has 18 heavy (non-hydrogen) atoms. The largest absolute Gasteiger partial charge is 0.487 e. The summed E-state index contributed by atoms with van der Waals surface area (Å²) >= 11 is 0. The Morgan fingerprint density at radius 1 is 1.33 bits per heavy atom. The summed E-state index contributed by atoms with van der Waals surface area (Å²) in [5, 5.41) is 3.55. The summed E-state index contributed by atoms with van der Waals surface area (Å²) in [7, 11) is 0. The van der Waals surface area contributed by atoms with Crippen molar-refractivity contribution >= 4 is 0 Å². The van der Waals surface area contributed by atoms with Gasteiger partial charge in [0.15, 0.2) is 0 Å². The van der Waals surface area contributed by atoms with E-state index < -0.39 is 0 Å². The second kappa shape index (κ2) is 4.58. The Balaban J connectivity index is 1.60. The molecule has 2 nitrogen and oxygen atoms in total. The first-order valence-electron chi connectivity index (χ1n) is 7.14. The van der Waals surface area contributed by atoms with E-state index in [0.29, 0.717) is 0 Å². The summed E-state index contributed by atoms with van der Waals surface area (Å²) in [4.78, 5) is 0. The maximum Gasteiger partial charge on any atom is 0.127 e. The van der Waals surface area contributed by atoms with Gasteiger partial charge < -0.3 is 10.1 Å². The second-order valence-electron chi connectivity index (χ2n) is 6.35. The number of para-hydroxylation sites is 1. The van der Waals surface area contributed by atoms with Crippen LogP contribution in [-0.4, -0.2) is 12.1 Å². The van der Waals surface area contributed by atoms with Crippen LogP contribution in [0.4, 0.5) is 0 Å². The minimum atomic E-state index is -0.0353. The standard InChI is InChI=1S/C16H23NO/c1-16(2)10-13-4-3-5-14(15(13)18-16)11-17-9-8-12-6-7-12/h3-5,12,17H,6-11H2,1-2H3. The van der Waals surface area contributed by atoms with Crippen LogP contribution in [0.5, 0.6) is 5.75 Å². The van der Waals surface area contributed by atoms with Gasteiger partial charge in [0.25, 0.3) is 0 Å². The van der Waals surface area contributed by atoms with Crippen LogP contribution < -0.4 is 10.1 Å². The molecule has 1 aliphatic heterocycles. The lowest BCUT2D eigenvalue weighted by Gasteiger charge is -2.18. The molecule has 0 atom stereocenters. The zero-order chi connectivity index (χ0) is 12.6. The fourth-order valence-electron chi connectivity index (χ4n) is 2.75. The highest BCUT2D eigenvalue weighted by Crippen LogP contribution is 2.37. The topological polar surface area (TPSA) is 21.3 Å². The molecule has 1 aromatic carbocycles. The lowest BCUT2D eigenvalue weighted by molar-refractivity contribution is 0.137. The fraction of sp³-hybridized carbons (Fsp3) is 0.625. The average Bonchev–Trinajstić information content (AvgIpc) is 3.06. The van der Waals surface area contributed by atoms with Gasteiger partial charge >= 0.3 is 0 Å². The Morgan fingerprint density at radius 3 is 2.94 bits per heavy atom. The van der Waals surface area contributed by atoms with Crippen molar-refractivity contribution in [3.63, 3.8) is 0 Å². The predicted octanol–water partition coefficient (Wildman–Crippen LogP) is 3.29. The van der Waals surface area contributed by atoms with E-state index in [1.54, 1.807) is 0 Å². The maximum absolute atomic E-state index is 6.08. The van der Waals surface area contributed by atoms with E-state index in [-0.39, 0.29) is 5.60 Å². The molecule has 0 unspecified atom stereocenters. The molecular weight excluding hydrogens is 222 g/mol. The Hall–Kier alpha value is -1.02. The van der Waals surface area contributed by atoms with Gasteiger partial charge in [0.05, 0.1) is 0 Å². The van der Waals surface area contributed by atoms with Crippen molar-refractivity contribution in [2.75, 3.05) is 6.54 Å². The van der Waals surface area contributed by atoms with E-state index in [4.69, 9.17) is 4.74 Å². The molecule has 0 radical (unpaired) electrons. The highest BCUT2D eigenvalue weighted by molar-refractivity contribution is 5.45. The minimum absolute atomic E-state index is 0.0353. The summed E-state index contributed by atoms with van der Waals surface area (Å²) in [5.74, 6) is 2.13. The predicted molar refractivity (Wildman–Crippen MR) is 73.9 cm³/mol. The highest BCUT2D eigenvalue weighted by Gasteiger charge is 2.31. The van der Waals surface area contributed by atoms with E-state index in [9.17, 15) is 0 Å². The van der Waals surface area contributed by atoms with Crippen LogP contribution in [0, 0.1) is 5.92 Å². The Kier molecular flexibility index (Phi) is 3.06. The quantitative estimate of drug-likeness (QED) is 0.804. The van der Waals surface area contributed by atoms with Gasteiger partial charge in [-0.2, -0.15) is 0 Å². The van der Waals surface area contributed by atoms with Gasteiger partial charge in [-0.15, -0.1) is 0 Å². The van der Waals surface area contributed by atoms with E-state index in [0.717, 1.165) is 31.2 Å². The maximum atomic E-state index is 6.08. The number of hydrogen-bond donors (Lipinski definition) is 1. The SMILES string of the molecule is CC1(C)Cc2cccc(CNCCC3CC3)c2O1. The molecule has 1 saturated carbocycles. The summed E-state index contributed by atoms with van der Waals surface area (Å²) in [6.07, 6.45) is 5.25. The molecule has 0 aromatic heterocycles. The molecule has 1 fully saturated rings.